The van der Waals surface area contributed by atoms with Crippen LogP contribution in [0, 0.1) is 27.2 Å². The van der Waals surface area contributed by atoms with Gasteiger partial charge in [-0.05, 0) is 12.8 Å². The Labute approximate surface area is 85.8 Å². The van der Waals surface area contributed by atoms with Gasteiger partial charge in [-0.2, -0.15) is 0 Å². The second-order valence-corrected chi connectivity index (χ2v) is 2.93. The summed E-state index contributed by atoms with van der Waals surface area (Å²) in [6.45, 7) is 3.56. The van der Waals surface area contributed by atoms with Gasteiger partial charge in [0.2, 0.25) is 0 Å². The Morgan fingerprint density at radius 1 is 1.20 bits per heavy atom. The molecule has 0 saturated carbocycles. The molecular weight excluding hydrogens is 200 g/mol. The Morgan fingerprint density at radius 3 is 2.33 bits per heavy atom. The zero-order valence-electron chi connectivity index (χ0n) is 7.88. The molecule has 0 heterocycles. The van der Waals surface area contributed by atoms with E-state index in [1.54, 1.807) is 0 Å². The maximum atomic E-state index is 10.6. The number of nitro groups is 2. The van der Waals surface area contributed by atoms with Crippen LogP contribution in [0.4, 0.5) is 11.4 Å². The SMILES string of the molecule is [CH2]CCc1cc([N+](=O)[O-])ccc1[N+](=O)[O-]. The Kier molecular flexibility index (Phi) is 3.33. The van der Waals surface area contributed by atoms with Crippen molar-refractivity contribution in [2.45, 2.75) is 12.8 Å². The highest BCUT2D eigenvalue weighted by Gasteiger charge is 2.17. The van der Waals surface area contributed by atoms with Crippen LogP contribution < -0.4 is 0 Å². The summed E-state index contributed by atoms with van der Waals surface area (Å²) in [7, 11) is 0. The van der Waals surface area contributed by atoms with Gasteiger partial charge in [0.25, 0.3) is 11.4 Å². The zero-order valence-corrected chi connectivity index (χ0v) is 7.88. The van der Waals surface area contributed by atoms with Crippen molar-refractivity contribution in [1.82, 2.24) is 0 Å². The summed E-state index contributed by atoms with van der Waals surface area (Å²) in [5.74, 6) is 0. The lowest BCUT2D eigenvalue weighted by molar-refractivity contribution is -0.389. The summed E-state index contributed by atoms with van der Waals surface area (Å²) in [5, 5.41) is 21.1. The zero-order chi connectivity index (χ0) is 11.4. The first-order chi connectivity index (χ1) is 7.06. The van der Waals surface area contributed by atoms with Gasteiger partial charge in [0.05, 0.1) is 9.85 Å². The van der Waals surface area contributed by atoms with Crippen molar-refractivity contribution < 1.29 is 9.85 Å². The molecule has 1 rings (SSSR count). The van der Waals surface area contributed by atoms with Gasteiger partial charge in [-0.25, -0.2) is 0 Å². The van der Waals surface area contributed by atoms with E-state index in [1.807, 2.05) is 0 Å². The Morgan fingerprint density at radius 2 is 1.87 bits per heavy atom. The van der Waals surface area contributed by atoms with Crippen LogP contribution in [0.5, 0.6) is 0 Å². The first-order valence-corrected chi connectivity index (χ1v) is 4.27. The molecule has 0 aliphatic rings. The first kappa shape index (κ1) is 11.1. The number of hydrogen-bond donors (Lipinski definition) is 0. The van der Waals surface area contributed by atoms with Crippen molar-refractivity contribution in [1.29, 1.82) is 0 Å². The molecule has 15 heavy (non-hydrogen) atoms. The molecule has 79 valence electrons. The fraction of sp³-hybridized carbons (Fsp3) is 0.222. The summed E-state index contributed by atoms with van der Waals surface area (Å²) in [4.78, 5) is 19.9. The molecule has 0 amide bonds. The molecule has 1 aromatic carbocycles. The van der Waals surface area contributed by atoms with Crippen LogP contribution in [0.1, 0.15) is 12.0 Å². The third-order valence-electron chi connectivity index (χ3n) is 1.92. The van der Waals surface area contributed by atoms with E-state index in [0.717, 1.165) is 12.1 Å². The van der Waals surface area contributed by atoms with Gasteiger partial charge in [-0.1, -0.05) is 6.92 Å². The molecule has 6 nitrogen and oxygen atoms in total. The van der Waals surface area contributed by atoms with Gasteiger partial charge < -0.3 is 0 Å². The second-order valence-electron chi connectivity index (χ2n) is 2.93. The molecule has 0 aliphatic heterocycles. The van der Waals surface area contributed by atoms with Crippen LogP contribution >= 0.6 is 0 Å². The lowest BCUT2D eigenvalue weighted by Gasteiger charge is -2.00. The monoisotopic (exact) mass is 209 g/mol. The normalized spacial score (nSPS) is 9.93. The number of non-ortho nitro benzene ring substituents is 1. The van der Waals surface area contributed by atoms with Crippen LogP contribution in [0.2, 0.25) is 0 Å². The van der Waals surface area contributed by atoms with E-state index in [-0.39, 0.29) is 11.4 Å². The summed E-state index contributed by atoms with van der Waals surface area (Å²) in [6, 6.07) is 3.51. The smallest absolute Gasteiger partial charge is 0.258 e. The van der Waals surface area contributed by atoms with Crippen LogP contribution in [-0.2, 0) is 6.42 Å². The van der Waals surface area contributed by atoms with E-state index < -0.39 is 9.85 Å². The van der Waals surface area contributed by atoms with Crippen molar-refractivity contribution >= 4 is 11.4 Å². The standard InChI is InChI=1S/C9H9N2O4/c1-2-3-7-6-8(10(12)13)4-5-9(7)11(14)15/h4-6H,1-3H2. The van der Waals surface area contributed by atoms with Crippen molar-refractivity contribution in [3.63, 3.8) is 0 Å². The van der Waals surface area contributed by atoms with E-state index in [4.69, 9.17) is 0 Å². The molecule has 1 aromatic rings. The highest BCUT2D eigenvalue weighted by Crippen LogP contribution is 2.24. The molecule has 0 unspecified atom stereocenters. The van der Waals surface area contributed by atoms with Gasteiger partial charge in [-0.3, -0.25) is 20.2 Å². The number of aryl methyl sites for hydroxylation is 1. The second kappa shape index (κ2) is 4.50. The van der Waals surface area contributed by atoms with Gasteiger partial charge >= 0.3 is 0 Å². The first-order valence-electron chi connectivity index (χ1n) is 4.27. The number of rotatable bonds is 4. The molecule has 0 N–H and O–H groups in total. The number of benzene rings is 1. The van der Waals surface area contributed by atoms with Gasteiger partial charge in [-0.15, -0.1) is 0 Å². The van der Waals surface area contributed by atoms with Gasteiger partial charge in [0, 0.05) is 23.8 Å². The third-order valence-corrected chi connectivity index (χ3v) is 1.92. The minimum atomic E-state index is -0.573. The molecule has 0 spiro atoms. The average molecular weight is 209 g/mol. The molecule has 0 bridgehead atoms. The van der Waals surface area contributed by atoms with Crippen molar-refractivity contribution in [2.75, 3.05) is 0 Å². The van der Waals surface area contributed by atoms with Crippen LogP contribution in [0.3, 0.4) is 0 Å². The quantitative estimate of drug-likeness (QED) is 0.562. The highest BCUT2D eigenvalue weighted by atomic mass is 16.6. The van der Waals surface area contributed by atoms with Gasteiger partial charge in [0.1, 0.15) is 0 Å². The Hall–Kier alpha value is -1.98. The number of nitrogens with zero attached hydrogens (tertiary/aromatic N) is 2. The maximum absolute atomic E-state index is 10.6. The van der Waals surface area contributed by atoms with Crippen LogP contribution in [0.15, 0.2) is 18.2 Å². The van der Waals surface area contributed by atoms with E-state index in [9.17, 15) is 20.2 Å². The van der Waals surface area contributed by atoms with Gasteiger partial charge in [0.15, 0.2) is 0 Å². The summed E-state index contributed by atoms with van der Waals surface area (Å²) < 4.78 is 0. The molecule has 0 aliphatic carbocycles. The fourth-order valence-corrected chi connectivity index (χ4v) is 1.25. The van der Waals surface area contributed by atoms with E-state index in [0.29, 0.717) is 18.4 Å². The average Bonchev–Trinajstić information content (AvgIpc) is 2.17. The maximum Gasteiger partial charge on any atom is 0.273 e. The van der Waals surface area contributed by atoms with E-state index in [1.165, 1.54) is 6.07 Å². The molecular formula is C9H9N2O4. The predicted molar refractivity (Wildman–Crippen MR) is 53.4 cm³/mol. The molecule has 0 saturated heterocycles. The predicted octanol–water partition coefficient (Wildman–Crippen LogP) is 2.27. The Bertz CT molecular complexity index is 403. The topological polar surface area (TPSA) is 86.3 Å². The summed E-state index contributed by atoms with van der Waals surface area (Å²) in [6.07, 6.45) is 0.819. The highest BCUT2D eigenvalue weighted by molar-refractivity contribution is 5.48. The number of nitro benzene ring substituents is 2. The minimum Gasteiger partial charge on any atom is -0.258 e. The lowest BCUT2D eigenvalue weighted by Crippen LogP contribution is -1.97. The van der Waals surface area contributed by atoms with Crippen molar-refractivity contribution in [3.05, 3.63) is 50.9 Å². The third kappa shape index (κ3) is 2.49. The Balaban J connectivity index is 3.20. The largest absolute Gasteiger partial charge is 0.273 e. The molecule has 0 aromatic heterocycles. The molecule has 1 radical (unpaired) electrons. The molecule has 0 atom stereocenters. The van der Waals surface area contributed by atoms with E-state index in [2.05, 4.69) is 6.92 Å². The fourth-order valence-electron chi connectivity index (χ4n) is 1.25. The van der Waals surface area contributed by atoms with Crippen molar-refractivity contribution in [2.24, 2.45) is 0 Å². The van der Waals surface area contributed by atoms with Crippen LogP contribution in [0.25, 0.3) is 0 Å². The summed E-state index contributed by atoms with van der Waals surface area (Å²) in [5.41, 5.74) is 0.123. The number of hydrogen-bond acceptors (Lipinski definition) is 4. The van der Waals surface area contributed by atoms with E-state index >= 15 is 0 Å². The minimum absolute atomic E-state index is 0.0933. The van der Waals surface area contributed by atoms with Crippen molar-refractivity contribution in [3.8, 4) is 0 Å². The lowest BCUT2D eigenvalue weighted by atomic mass is 10.1. The molecule has 6 heteroatoms. The molecule has 0 fully saturated rings. The van der Waals surface area contributed by atoms with Crippen LogP contribution in [-0.4, -0.2) is 9.85 Å². The summed E-state index contributed by atoms with van der Waals surface area (Å²) >= 11 is 0.